The zero-order chi connectivity index (χ0) is 18.2. The van der Waals surface area contributed by atoms with E-state index in [0.717, 1.165) is 38.5 Å². The number of nitrogens with zero attached hydrogens (tertiary/aromatic N) is 1. The molecular formula is C18H28N4O3. The van der Waals surface area contributed by atoms with Crippen LogP contribution in [0.3, 0.4) is 0 Å². The van der Waals surface area contributed by atoms with Gasteiger partial charge in [-0.1, -0.05) is 26.2 Å². The second-order valence-electron chi connectivity index (χ2n) is 6.68. The highest BCUT2D eigenvalue weighted by Crippen LogP contribution is 2.30. The van der Waals surface area contributed by atoms with Gasteiger partial charge in [-0.25, -0.2) is 4.98 Å². The minimum absolute atomic E-state index is 0.0153. The quantitative estimate of drug-likeness (QED) is 0.648. The largest absolute Gasteiger partial charge is 0.356 e. The summed E-state index contributed by atoms with van der Waals surface area (Å²) in [6.45, 7) is 4.64. The molecule has 3 N–H and O–H groups in total. The van der Waals surface area contributed by atoms with Crippen molar-refractivity contribution in [3.05, 3.63) is 27.9 Å². The van der Waals surface area contributed by atoms with Gasteiger partial charge in [-0.05, 0) is 26.2 Å². The topological polar surface area (TPSA) is 104 Å². The molecule has 0 aromatic carbocycles. The molecule has 0 saturated heterocycles. The second kappa shape index (κ2) is 9.34. The Bertz CT molecular complexity index is 656. The van der Waals surface area contributed by atoms with Crippen LogP contribution in [0.2, 0.25) is 0 Å². The van der Waals surface area contributed by atoms with Crippen LogP contribution in [0.5, 0.6) is 0 Å². The number of aromatic amines is 1. The Morgan fingerprint density at radius 2 is 1.84 bits per heavy atom. The van der Waals surface area contributed by atoms with E-state index >= 15 is 0 Å². The lowest BCUT2D eigenvalue weighted by atomic mass is 9.78. The second-order valence-corrected chi connectivity index (χ2v) is 6.68. The lowest BCUT2D eigenvalue weighted by Gasteiger charge is -2.29. The third kappa shape index (κ3) is 5.69. The highest BCUT2D eigenvalue weighted by atomic mass is 16.2. The first-order chi connectivity index (χ1) is 12.0. The lowest BCUT2D eigenvalue weighted by molar-refractivity contribution is -0.136. The molecule has 0 radical (unpaired) electrons. The van der Waals surface area contributed by atoms with Gasteiger partial charge in [-0.3, -0.25) is 14.4 Å². The van der Waals surface area contributed by atoms with Gasteiger partial charge >= 0.3 is 0 Å². The Labute approximate surface area is 148 Å². The summed E-state index contributed by atoms with van der Waals surface area (Å²) in [6, 6.07) is 1.38. The van der Waals surface area contributed by atoms with Crippen LogP contribution < -0.4 is 16.2 Å². The Morgan fingerprint density at radius 1 is 1.20 bits per heavy atom. The van der Waals surface area contributed by atoms with Gasteiger partial charge in [0.1, 0.15) is 5.82 Å². The van der Waals surface area contributed by atoms with E-state index in [9.17, 15) is 14.4 Å². The molecule has 1 aromatic rings. The molecule has 1 heterocycles. The van der Waals surface area contributed by atoms with E-state index in [1.807, 2.05) is 0 Å². The van der Waals surface area contributed by atoms with E-state index in [4.69, 9.17) is 0 Å². The average molecular weight is 348 g/mol. The van der Waals surface area contributed by atoms with Crippen LogP contribution in [0.25, 0.3) is 0 Å². The van der Waals surface area contributed by atoms with Crippen molar-refractivity contribution in [2.75, 3.05) is 6.54 Å². The van der Waals surface area contributed by atoms with Gasteiger partial charge in [0.05, 0.1) is 12.2 Å². The summed E-state index contributed by atoms with van der Waals surface area (Å²) in [7, 11) is 0. The highest BCUT2D eigenvalue weighted by molar-refractivity contribution is 5.87. The first kappa shape index (κ1) is 19.1. The van der Waals surface area contributed by atoms with Crippen LogP contribution in [-0.4, -0.2) is 28.3 Å². The van der Waals surface area contributed by atoms with Gasteiger partial charge in [-0.2, -0.15) is 0 Å². The number of nitrogens with one attached hydrogen (secondary N) is 3. The molecule has 0 unspecified atom stereocenters. The number of hydrogen-bond acceptors (Lipinski definition) is 4. The number of amides is 2. The summed E-state index contributed by atoms with van der Waals surface area (Å²) in [5.74, 6) is -0.200. The van der Waals surface area contributed by atoms with Gasteiger partial charge in [-0.15, -0.1) is 0 Å². The minimum Gasteiger partial charge on any atom is -0.356 e. The van der Waals surface area contributed by atoms with Gasteiger partial charge in [0.25, 0.3) is 5.56 Å². The summed E-state index contributed by atoms with van der Waals surface area (Å²) >= 11 is 0. The number of carbonyl (C=O) groups is 2. The van der Waals surface area contributed by atoms with Crippen molar-refractivity contribution in [2.24, 2.45) is 11.8 Å². The van der Waals surface area contributed by atoms with E-state index in [1.165, 1.54) is 6.07 Å². The molecule has 2 amide bonds. The van der Waals surface area contributed by atoms with Crippen molar-refractivity contribution >= 4 is 11.8 Å². The molecule has 2 rings (SSSR count). The average Bonchev–Trinajstić information content (AvgIpc) is 2.59. The number of carbonyl (C=O) groups excluding carboxylic acids is 2. The van der Waals surface area contributed by atoms with Crippen molar-refractivity contribution in [1.82, 2.24) is 20.6 Å². The Morgan fingerprint density at radius 3 is 2.44 bits per heavy atom. The predicted molar refractivity (Wildman–Crippen MR) is 94.8 cm³/mol. The van der Waals surface area contributed by atoms with Gasteiger partial charge in [0.15, 0.2) is 0 Å². The molecule has 0 bridgehead atoms. The molecule has 0 spiro atoms. The first-order valence-electron chi connectivity index (χ1n) is 9.13. The summed E-state index contributed by atoms with van der Waals surface area (Å²) in [5, 5.41) is 5.79. The maximum Gasteiger partial charge on any atom is 0.251 e. The van der Waals surface area contributed by atoms with E-state index < -0.39 is 0 Å². The van der Waals surface area contributed by atoms with E-state index in [2.05, 4.69) is 27.5 Å². The van der Waals surface area contributed by atoms with Gasteiger partial charge in [0.2, 0.25) is 11.8 Å². The summed E-state index contributed by atoms with van der Waals surface area (Å²) in [4.78, 5) is 43.2. The third-order valence-corrected chi connectivity index (χ3v) is 4.63. The van der Waals surface area contributed by atoms with E-state index in [1.54, 1.807) is 6.92 Å². The van der Waals surface area contributed by atoms with Gasteiger partial charge < -0.3 is 15.6 Å². The molecule has 7 heteroatoms. The van der Waals surface area contributed by atoms with Crippen LogP contribution in [-0.2, 0) is 16.1 Å². The zero-order valence-corrected chi connectivity index (χ0v) is 15.1. The van der Waals surface area contributed by atoms with Crippen LogP contribution in [0, 0.1) is 18.8 Å². The van der Waals surface area contributed by atoms with E-state index in [0.29, 0.717) is 18.1 Å². The van der Waals surface area contributed by atoms with Crippen LogP contribution in [0.15, 0.2) is 10.9 Å². The predicted octanol–water partition coefficient (Wildman–Crippen LogP) is 1.42. The molecule has 7 nitrogen and oxygen atoms in total. The molecule has 2 atom stereocenters. The van der Waals surface area contributed by atoms with E-state index in [-0.39, 0.29) is 35.8 Å². The molecule has 1 aliphatic rings. The lowest BCUT2D eigenvalue weighted by Crippen LogP contribution is -2.43. The molecule has 1 fully saturated rings. The third-order valence-electron chi connectivity index (χ3n) is 4.63. The fourth-order valence-corrected chi connectivity index (χ4v) is 3.32. The number of hydrogen-bond donors (Lipinski definition) is 3. The van der Waals surface area contributed by atoms with Crippen molar-refractivity contribution in [2.45, 2.75) is 58.9 Å². The maximum atomic E-state index is 12.6. The summed E-state index contributed by atoms with van der Waals surface area (Å²) in [5.41, 5.74) is 0.289. The zero-order valence-electron chi connectivity index (χ0n) is 15.1. The Kier molecular flexibility index (Phi) is 7.16. The fourth-order valence-electron chi connectivity index (χ4n) is 3.32. The van der Waals surface area contributed by atoms with Crippen LogP contribution in [0.1, 0.15) is 57.0 Å². The Balaban J connectivity index is 1.95. The maximum absolute atomic E-state index is 12.6. The molecule has 1 aromatic heterocycles. The molecule has 25 heavy (non-hydrogen) atoms. The Hall–Kier alpha value is -2.18. The number of unbranched alkanes of at least 4 members (excludes halogenated alkanes) is 1. The first-order valence-corrected chi connectivity index (χ1v) is 9.13. The molecule has 0 aliphatic heterocycles. The molecule has 138 valence electrons. The highest BCUT2D eigenvalue weighted by Gasteiger charge is 2.35. The SMILES string of the molecule is CCCCNC(=O)[C@H]1CCCC[C@H]1C(=O)NCc1cc(=O)[nH]c(C)n1. The molecular weight excluding hydrogens is 320 g/mol. The molecule has 1 saturated carbocycles. The van der Waals surface area contributed by atoms with Crippen molar-refractivity contribution < 1.29 is 9.59 Å². The number of aryl methyl sites for hydroxylation is 1. The van der Waals surface area contributed by atoms with Crippen molar-refractivity contribution in [1.29, 1.82) is 0 Å². The smallest absolute Gasteiger partial charge is 0.251 e. The normalized spacial score (nSPS) is 20.1. The number of H-pyrrole nitrogens is 1. The number of aromatic nitrogens is 2. The van der Waals surface area contributed by atoms with Crippen LogP contribution >= 0.6 is 0 Å². The fraction of sp³-hybridized carbons (Fsp3) is 0.667. The van der Waals surface area contributed by atoms with Crippen LogP contribution in [0.4, 0.5) is 0 Å². The number of rotatable bonds is 7. The minimum atomic E-state index is -0.307. The summed E-state index contributed by atoms with van der Waals surface area (Å²) < 4.78 is 0. The molecule has 1 aliphatic carbocycles. The van der Waals surface area contributed by atoms with Crippen molar-refractivity contribution in [3.8, 4) is 0 Å². The van der Waals surface area contributed by atoms with Crippen molar-refractivity contribution in [3.63, 3.8) is 0 Å². The van der Waals surface area contributed by atoms with Gasteiger partial charge in [0, 0.05) is 24.4 Å². The summed E-state index contributed by atoms with van der Waals surface area (Å²) in [6.07, 6.45) is 5.38. The monoisotopic (exact) mass is 348 g/mol. The standard InChI is InChI=1S/C18H28N4O3/c1-3-4-9-19-17(24)14-7-5-6-8-15(14)18(25)20-11-13-10-16(23)22-12(2)21-13/h10,14-15H,3-9,11H2,1-2H3,(H,19,24)(H,20,25)(H,21,22,23)/t14-,15+/m0/s1.